The summed E-state index contributed by atoms with van der Waals surface area (Å²) in [5.74, 6) is -1.44. The number of amides is 4. The van der Waals surface area contributed by atoms with E-state index in [-0.39, 0.29) is 11.4 Å². The molecule has 3 rings (SSSR count). The molecular formula is C19H18F3N4O3S+. The molecule has 30 heavy (non-hydrogen) atoms. The number of anilines is 1. The Balaban J connectivity index is 1.71. The molecule has 0 aromatic heterocycles. The highest BCUT2D eigenvalue weighted by Crippen LogP contribution is 2.34. The quantitative estimate of drug-likeness (QED) is 0.732. The van der Waals surface area contributed by atoms with Crippen molar-refractivity contribution in [2.45, 2.75) is 13.1 Å². The van der Waals surface area contributed by atoms with E-state index in [2.05, 4.69) is 10.3 Å². The lowest BCUT2D eigenvalue weighted by Crippen LogP contribution is -2.52. The number of alkyl halides is 3. The van der Waals surface area contributed by atoms with Crippen molar-refractivity contribution in [2.75, 3.05) is 25.2 Å². The summed E-state index contributed by atoms with van der Waals surface area (Å²) in [6.07, 6.45) is -2.92. The number of fused-ring (bicyclic) bond motifs is 1. The molecule has 0 saturated heterocycles. The van der Waals surface area contributed by atoms with Crippen molar-refractivity contribution in [3.05, 3.63) is 40.3 Å². The number of halogens is 3. The van der Waals surface area contributed by atoms with Gasteiger partial charge in [0, 0.05) is 10.6 Å². The Bertz CT molecular complexity index is 1010. The Morgan fingerprint density at radius 3 is 2.50 bits per heavy atom. The molecule has 7 nitrogen and oxygen atoms in total. The molecule has 0 aliphatic carbocycles. The monoisotopic (exact) mass is 439 g/mol. The molecule has 4 amide bonds. The average molecular weight is 439 g/mol. The van der Waals surface area contributed by atoms with Gasteiger partial charge in [0.25, 0.3) is 5.84 Å². The van der Waals surface area contributed by atoms with Crippen LogP contribution in [0, 0.1) is 5.92 Å². The van der Waals surface area contributed by atoms with E-state index >= 15 is 0 Å². The van der Waals surface area contributed by atoms with Gasteiger partial charge in [0.15, 0.2) is 5.92 Å². The maximum atomic E-state index is 12.7. The Hall–Kier alpha value is -2.95. The van der Waals surface area contributed by atoms with Gasteiger partial charge in [-0.15, -0.1) is 16.8 Å². The minimum absolute atomic E-state index is 0.0695. The number of nitrogens with zero attached hydrogens (tertiary/aromatic N) is 3. The molecule has 1 atom stereocenters. The van der Waals surface area contributed by atoms with Gasteiger partial charge in [0.2, 0.25) is 5.91 Å². The van der Waals surface area contributed by atoms with Crippen molar-refractivity contribution in [1.82, 2.24) is 4.90 Å². The van der Waals surface area contributed by atoms with Crippen molar-refractivity contribution >= 4 is 47.3 Å². The fourth-order valence-electron chi connectivity index (χ4n) is 3.04. The third kappa shape index (κ3) is 4.16. The molecule has 2 heterocycles. The first-order valence-corrected chi connectivity index (χ1v) is 9.76. The van der Waals surface area contributed by atoms with E-state index in [9.17, 15) is 27.6 Å². The number of hydrogen-bond acceptors (Lipinski definition) is 5. The van der Waals surface area contributed by atoms with Crippen LogP contribution in [0.2, 0.25) is 0 Å². The summed E-state index contributed by atoms with van der Waals surface area (Å²) in [6, 6.07) is 3.63. The molecule has 158 valence electrons. The van der Waals surface area contributed by atoms with E-state index in [4.69, 9.17) is 0 Å². The lowest BCUT2D eigenvalue weighted by atomic mass is 9.99. The van der Waals surface area contributed by atoms with Crippen LogP contribution in [0.4, 0.5) is 23.7 Å². The second-order valence-corrected chi connectivity index (χ2v) is 7.76. The van der Waals surface area contributed by atoms with Crippen molar-refractivity contribution < 1.29 is 32.1 Å². The van der Waals surface area contributed by atoms with Crippen LogP contribution in [0.5, 0.6) is 0 Å². The van der Waals surface area contributed by atoms with Gasteiger partial charge in [-0.05, 0) is 36.8 Å². The van der Waals surface area contributed by atoms with Gasteiger partial charge >= 0.3 is 18.1 Å². The Morgan fingerprint density at radius 2 is 1.90 bits per heavy atom. The van der Waals surface area contributed by atoms with Crippen molar-refractivity contribution in [3.8, 4) is 0 Å². The standard InChI is InChI=1S/C19H17F3N4O3S/c1-10-8-23-16-14(17(28)26(3)18(29)25(16)2)15(10)30-9-13(27)24-12-6-4-11(5-7-12)19(20,21)22/h4-8,14H,9H2,1-3H3/p+1. The molecule has 1 aromatic rings. The second-order valence-electron chi connectivity index (χ2n) is 6.75. The fourth-order valence-corrected chi connectivity index (χ4v) is 4.05. The minimum atomic E-state index is -4.45. The lowest BCUT2D eigenvalue weighted by molar-refractivity contribution is -0.407. The summed E-state index contributed by atoms with van der Waals surface area (Å²) < 4.78 is 39.2. The van der Waals surface area contributed by atoms with Gasteiger partial charge in [0.1, 0.15) is 6.21 Å². The van der Waals surface area contributed by atoms with Crippen LogP contribution in [-0.4, -0.2) is 59.2 Å². The number of urea groups is 1. The number of benzene rings is 1. The van der Waals surface area contributed by atoms with Gasteiger partial charge in [-0.3, -0.25) is 9.59 Å². The number of nitrogens with one attached hydrogen (secondary N) is 1. The smallest absolute Gasteiger partial charge is 0.325 e. The Labute approximate surface area is 174 Å². The van der Waals surface area contributed by atoms with Crippen molar-refractivity contribution in [2.24, 2.45) is 10.9 Å². The summed E-state index contributed by atoms with van der Waals surface area (Å²) in [7, 11) is 2.90. The number of imide groups is 1. The molecule has 0 spiro atoms. The summed E-state index contributed by atoms with van der Waals surface area (Å²) in [4.78, 5) is 42.9. The number of hydrogen-bond donors (Lipinski definition) is 1. The number of amidine groups is 1. The first kappa shape index (κ1) is 21.8. The van der Waals surface area contributed by atoms with Crippen LogP contribution in [-0.2, 0) is 15.8 Å². The normalized spacial score (nSPS) is 19.4. The zero-order chi connectivity index (χ0) is 22.2. The van der Waals surface area contributed by atoms with Crippen LogP contribution >= 0.6 is 11.8 Å². The molecule has 1 aromatic carbocycles. The zero-order valence-corrected chi connectivity index (χ0v) is 17.1. The van der Waals surface area contributed by atoms with Crippen molar-refractivity contribution in [3.63, 3.8) is 0 Å². The summed E-state index contributed by atoms with van der Waals surface area (Å²) in [6.45, 7) is 1.75. The fraction of sp³-hybridized carbons (Fsp3) is 0.316. The number of aliphatic imine (C=N–C) groups is 1. The highest BCUT2D eigenvalue weighted by Gasteiger charge is 2.47. The van der Waals surface area contributed by atoms with Gasteiger partial charge in [-0.2, -0.15) is 22.6 Å². The predicted molar refractivity (Wildman–Crippen MR) is 107 cm³/mol. The first-order chi connectivity index (χ1) is 14.0. The predicted octanol–water partition coefficient (Wildman–Crippen LogP) is 2.98. The number of thioether (sulfide) groups is 1. The molecule has 1 N–H and O–H groups in total. The molecule has 11 heteroatoms. The Morgan fingerprint density at radius 1 is 1.27 bits per heavy atom. The van der Waals surface area contributed by atoms with Crippen LogP contribution in [0.15, 0.2) is 39.7 Å². The molecule has 0 fully saturated rings. The molecule has 2 aliphatic rings. The van der Waals surface area contributed by atoms with Gasteiger partial charge < -0.3 is 5.32 Å². The second kappa shape index (κ2) is 8.05. The third-order valence-electron chi connectivity index (χ3n) is 4.65. The van der Waals surface area contributed by atoms with E-state index in [1.54, 1.807) is 6.92 Å². The van der Waals surface area contributed by atoms with Crippen LogP contribution in [0.3, 0.4) is 0 Å². The van der Waals surface area contributed by atoms with E-state index in [1.807, 2.05) is 0 Å². The van der Waals surface area contributed by atoms with Gasteiger partial charge in [-0.25, -0.2) is 4.79 Å². The largest absolute Gasteiger partial charge is 0.445 e. The van der Waals surface area contributed by atoms with Gasteiger partial charge in [-0.1, -0.05) is 0 Å². The zero-order valence-electron chi connectivity index (χ0n) is 16.3. The highest BCUT2D eigenvalue weighted by molar-refractivity contribution is 8.03. The maximum absolute atomic E-state index is 12.7. The number of allylic oxidation sites excluding steroid dienone is 1. The number of dihydropyridines is 1. The number of carbonyl (C=O) groups is 3. The molecule has 0 bridgehead atoms. The maximum Gasteiger partial charge on any atom is 0.445 e. The van der Waals surface area contributed by atoms with E-state index in [0.29, 0.717) is 16.3 Å². The van der Waals surface area contributed by atoms with E-state index in [1.165, 1.54) is 37.0 Å². The Kier molecular flexibility index (Phi) is 5.84. The topological polar surface area (TPSA) is 81.9 Å². The number of rotatable bonds is 4. The summed E-state index contributed by atoms with van der Waals surface area (Å²) in [5, 5.41) is 2.53. The van der Waals surface area contributed by atoms with Crippen LogP contribution in [0.1, 0.15) is 12.5 Å². The lowest BCUT2D eigenvalue weighted by Gasteiger charge is -2.27. The highest BCUT2D eigenvalue weighted by atomic mass is 32.2. The number of carbonyl (C=O) groups excluding carboxylic acids is 3. The van der Waals surface area contributed by atoms with Crippen molar-refractivity contribution in [1.29, 1.82) is 0 Å². The van der Waals surface area contributed by atoms with E-state index < -0.39 is 35.5 Å². The summed E-state index contributed by atoms with van der Waals surface area (Å²) >= 11 is 1.13. The van der Waals surface area contributed by atoms with Crippen LogP contribution < -0.4 is 5.32 Å². The average Bonchev–Trinajstić information content (AvgIpc) is 2.69. The first-order valence-electron chi connectivity index (χ1n) is 8.77. The molecule has 0 radical (unpaired) electrons. The molecule has 1 unspecified atom stereocenters. The molecule has 2 aliphatic heterocycles. The molecule has 0 saturated carbocycles. The minimum Gasteiger partial charge on any atom is -0.325 e. The summed E-state index contributed by atoms with van der Waals surface area (Å²) in [5.41, 5.74) is 0.120. The van der Waals surface area contributed by atoms with Gasteiger partial charge in [0.05, 0.1) is 25.4 Å². The SMILES string of the molecule is CC1=C(SCC(=O)Nc2ccc(C(F)(F)F)cc2)C2C(=O)N(C)C(=O)[N+](C)=C2N=C1. The third-order valence-corrected chi connectivity index (χ3v) is 5.92. The molecular weight excluding hydrogens is 421 g/mol. The van der Waals surface area contributed by atoms with E-state index in [0.717, 1.165) is 28.8 Å². The van der Waals surface area contributed by atoms with Crippen LogP contribution in [0.25, 0.3) is 0 Å².